The third-order valence-corrected chi connectivity index (χ3v) is 4.66. The average molecular weight is 428 g/mol. The number of rotatable bonds is 12. The van der Waals surface area contributed by atoms with E-state index >= 15 is 0 Å². The van der Waals surface area contributed by atoms with Crippen LogP contribution in [0.5, 0.6) is 0 Å². The second-order valence-electron chi connectivity index (χ2n) is 6.92. The number of amides is 5. The Kier molecular flexibility index (Phi) is 9.68. The van der Waals surface area contributed by atoms with Crippen LogP contribution in [-0.2, 0) is 28.8 Å². The molecule has 0 aromatic rings. The summed E-state index contributed by atoms with van der Waals surface area (Å²) in [6.45, 7) is 0.0794. The number of hydrogen-bond acceptors (Lipinski definition) is 7. The Morgan fingerprint density at radius 1 is 0.967 bits per heavy atom. The van der Waals surface area contributed by atoms with E-state index in [4.69, 9.17) is 17.2 Å². The first kappa shape index (κ1) is 24.8. The number of carboxylic acids is 1. The molecule has 13 nitrogen and oxygen atoms in total. The molecule has 0 radical (unpaired) electrons. The third kappa shape index (κ3) is 7.66. The number of likely N-dealkylation sites (tertiary alicyclic amines) is 1. The van der Waals surface area contributed by atoms with Crippen molar-refractivity contribution in [3.63, 3.8) is 0 Å². The summed E-state index contributed by atoms with van der Waals surface area (Å²) in [4.78, 5) is 71.8. The predicted molar refractivity (Wildman–Crippen MR) is 102 cm³/mol. The number of carboxylic acid groups (broad SMARTS) is 1. The first-order chi connectivity index (χ1) is 14.1. The Labute approximate surface area is 172 Å². The van der Waals surface area contributed by atoms with Crippen LogP contribution in [0.15, 0.2) is 0 Å². The molecule has 1 aliphatic heterocycles. The van der Waals surface area contributed by atoms with Crippen molar-refractivity contribution in [2.24, 2.45) is 17.2 Å². The van der Waals surface area contributed by atoms with Crippen LogP contribution in [0.2, 0.25) is 0 Å². The molecule has 0 aromatic heterocycles. The molecule has 0 bridgehead atoms. The van der Waals surface area contributed by atoms with Crippen LogP contribution < -0.4 is 27.8 Å². The van der Waals surface area contributed by atoms with Gasteiger partial charge in [0.05, 0.1) is 6.54 Å². The van der Waals surface area contributed by atoms with E-state index in [1.54, 1.807) is 0 Å². The van der Waals surface area contributed by atoms with Gasteiger partial charge in [-0.1, -0.05) is 0 Å². The van der Waals surface area contributed by atoms with Crippen LogP contribution in [-0.4, -0.2) is 76.7 Å². The molecular weight excluding hydrogens is 400 g/mol. The molecule has 30 heavy (non-hydrogen) atoms. The quantitative estimate of drug-likeness (QED) is 0.182. The minimum atomic E-state index is -1.42. The summed E-state index contributed by atoms with van der Waals surface area (Å²) >= 11 is 0. The lowest BCUT2D eigenvalue weighted by Crippen LogP contribution is -2.55. The van der Waals surface area contributed by atoms with E-state index in [1.807, 2.05) is 0 Å². The normalized spacial score (nSPS) is 17.6. The molecule has 0 spiro atoms. The first-order valence-electron chi connectivity index (χ1n) is 9.46. The van der Waals surface area contributed by atoms with Gasteiger partial charge in [0.25, 0.3) is 0 Å². The Hall–Kier alpha value is -3.22. The fraction of sp³-hybridized carbons (Fsp3) is 0.647. The van der Waals surface area contributed by atoms with Crippen LogP contribution in [0.1, 0.15) is 38.5 Å². The second-order valence-corrected chi connectivity index (χ2v) is 6.92. The summed E-state index contributed by atoms with van der Waals surface area (Å²) in [5.74, 6) is -4.74. The van der Waals surface area contributed by atoms with Crippen LogP contribution in [0, 0.1) is 0 Å². The highest BCUT2D eigenvalue weighted by molar-refractivity contribution is 5.94. The summed E-state index contributed by atoms with van der Waals surface area (Å²) in [5.41, 5.74) is 15.5. The maximum Gasteiger partial charge on any atom is 0.326 e. The highest BCUT2D eigenvalue weighted by Crippen LogP contribution is 2.17. The van der Waals surface area contributed by atoms with Gasteiger partial charge < -0.3 is 37.8 Å². The van der Waals surface area contributed by atoms with Gasteiger partial charge in [0.2, 0.25) is 29.5 Å². The molecule has 0 saturated carbocycles. The van der Waals surface area contributed by atoms with Crippen molar-refractivity contribution in [3.05, 3.63) is 0 Å². The molecule has 3 atom stereocenters. The molecule has 1 aliphatic rings. The molecule has 168 valence electrons. The monoisotopic (exact) mass is 428 g/mol. The van der Waals surface area contributed by atoms with Gasteiger partial charge in [-0.3, -0.25) is 24.0 Å². The number of hydrogen-bond donors (Lipinski definition) is 6. The van der Waals surface area contributed by atoms with Crippen molar-refractivity contribution in [2.75, 3.05) is 13.1 Å². The molecule has 1 heterocycles. The fourth-order valence-electron chi connectivity index (χ4n) is 3.09. The number of nitrogens with two attached hydrogens (primary N) is 3. The smallest absolute Gasteiger partial charge is 0.326 e. The van der Waals surface area contributed by atoms with E-state index in [2.05, 4.69) is 10.6 Å². The molecule has 5 amide bonds. The molecule has 1 rings (SSSR count). The van der Waals surface area contributed by atoms with Crippen LogP contribution in [0.3, 0.4) is 0 Å². The van der Waals surface area contributed by atoms with Gasteiger partial charge in [-0.05, 0) is 25.7 Å². The summed E-state index contributed by atoms with van der Waals surface area (Å²) in [6.07, 6.45) is 0.0243. The molecule has 0 aliphatic carbocycles. The number of primary amides is 2. The van der Waals surface area contributed by atoms with Crippen LogP contribution in [0.4, 0.5) is 0 Å². The summed E-state index contributed by atoms with van der Waals surface area (Å²) in [6, 6.07) is -3.51. The highest BCUT2D eigenvalue weighted by Gasteiger charge is 2.36. The molecule has 1 saturated heterocycles. The Morgan fingerprint density at radius 3 is 2.03 bits per heavy atom. The van der Waals surface area contributed by atoms with E-state index < -0.39 is 53.6 Å². The van der Waals surface area contributed by atoms with Gasteiger partial charge >= 0.3 is 5.97 Å². The van der Waals surface area contributed by atoms with Gasteiger partial charge in [-0.15, -0.1) is 0 Å². The van der Waals surface area contributed by atoms with Crippen molar-refractivity contribution >= 4 is 35.5 Å². The van der Waals surface area contributed by atoms with Crippen molar-refractivity contribution in [2.45, 2.75) is 56.7 Å². The Bertz CT molecular complexity index is 698. The van der Waals surface area contributed by atoms with Crippen molar-refractivity contribution < 1.29 is 33.9 Å². The maximum atomic E-state index is 12.7. The Morgan fingerprint density at radius 2 is 1.53 bits per heavy atom. The van der Waals surface area contributed by atoms with E-state index in [1.165, 1.54) is 4.90 Å². The maximum absolute atomic E-state index is 12.7. The van der Waals surface area contributed by atoms with E-state index in [-0.39, 0.29) is 32.2 Å². The fourth-order valence-corrected chi connectivity index (χ4v) is 3.09. The van der Waals surface area contributed by atoms with Crippen LogP contribution in [0.25, 0.3) is 0 Å². The molecule has 13 heteroatoms. The standard InChI is InChI=1S/C17H28N6O7/c18-8-14(26)23-7-1-2-11(23)16(28)21-9(3-5-12(19)24)15(27)22-10(17(29)30)4-6-13(20)25/h9-11H,1-8,18H2,(H2,19,24)(H2,20,25)(H,21,28)(H,22,27)(H,29,30). The lowest BCUT2D eigenvalue weighted by atomic mass is 10.1. The number of carbonyl (C=O) groups excluding carboxylic acids is 5. The van der Waals surface area contributed by atoms with Gasteiger partial charge in [0.1, 0.15) is 18.1 Å². The second kappa shape index (κ2) is 11.7. The Balaban J connectivity index is 2.88. The molecule has 0 aromatic carbocycles. The highest BCUT2D eigenvalue weighted by atomic mass is 16.4. The average Bonchev–Trinajstić information content (AvgIpc) is 3.16. The van der Waals surface area contributed by atoms with Crippen molar-refractivity contribution in [3.8, 4) is 0 Å². The topological polar surface area (TPSA) is 228 Å². The van der Waals surface area contributed by atoms with Gasteiger partial charge in [0.15, 0.2) is 0 Å². The zero-order valence-corrected chi connectivity index (χ0v) is 16.5. The lowest BCUT2D eigenvalue weighted by molar-refractivity contribution is -0.143. The third-order valence-electron chi connectivity index (χ3n) is 4.66. The minimum Gasteiger partial charge on any atom is -0.480 e. The molecule has 3 unspecified atom stereocenters. The van der Waals surface area contributed by atoms with Gasteiger partial charge in [0, 0.05) is 19.4 Å². The number of aliphatic carboxylic acids is 1. The van der Waals surface area contributed by atoms with Crippen molar-refractivity contribution in [1.82, 2.24) is 15.5 Å². The first-order valence-corrected chi connectivity index (χ1v) is 9.46. The lowest BCUT2D eigenvalue weighted by Gasteiger charge is -2.26. The van der Waals surface area contributed by atoms with E-state index in [0.29, 0.717) is 19.4 Å². The van der Waals surface area contributed by atoms with Gasteiger partial charge in [-0.2, -0.15) is 0 Å². The predicted octanol–water partition coefficient (Wildman–Crippen LogP) is -3.48. The molecule has 1 fully saturated rings. The number of nitrogens with one attached hydrogen (secondary N) is 2. The van der Waals surface area contributed by atoms with E-state index in [0.717, 1.165) is 0 Å². The molecular formula is C17H28N6O7. The molecule has 9 N–H and O–H groups in total. The van der Waals surface area contributed by atoms with E-state index in [9.17, 15) is 33.9 Å². The SMILES string of the molecule is NCC(=O)N1CCCC1C(=O)NC(CCC(N)=O)C(=O)NC(CCC(N)=O)C(=O)O. The minimum absolute atomic E-state index is 0.174. The summed E-state index contributed by atoms with van der Waals surface area (Å²) in [7, 11) is 0. The zero-order valence-electron chi connectivity index (χ0n) is 16.5. The van der Waals surface area contributed by atoms with Crippen LogP contribution >= 0.6 is 0 Å². The number of nitrogens with zero attached hydrogens (tertiary/aromatic N) is 1. The largest absolute Gasteiger partial charge is 0.480 e. The zero-order chi connectivity index (χ0) is 22.8. The number of carbonyl (C=O) groups is 6. The summed E-state index contributed by atoms with van der Waals surface area (Å²) in [5, 5.41) is 13.9. The van der Waals surface area contributed by atoms with Gasteiger partial charge in [-0.25, -0.2) is 4.79 Å². The van der Waals surface area contributed by atoms with Crippen molar-refractivity contribution in [1.29, 1.82) is 0 Å². The summed E-state index contributed by atoms with van der Waals surface area (Å²) < 4.78 is 0.